The molecule has 0 aliphatic carbocycles. The van der Waals surface area contributed by atoms with Crippen LogP contribution >= 0.6 is 15.9 Å². The van der Waals surface area contributed by atoms with E-state index in [1.165, 1.54) is 0 Å². The highest BCUT2D eigenvalue weighted by atomic mass is 79.9. The fraction of sp³-hybridized carbons (Fsp3) is 0.333. The second-order valence-electron chi connectivity index (χ2n) is 2.81. The van der Waals surface area contributed by atoms with Crippen LogP contribution < -0.4 is 0 Å². The van der Waals surface area contributed by atoms with E-state index in [9.17, 15) is 13.9 Å². The van der Waals surface area contributed by atoms with Crippen LogP contribution in [-0.2, 0) is 6.42 Å². The normalized spacial score (nSPS) is 10.6. The quantitative estimate of drug-likeness (QED) is 0.825. The molecule has 1 aromatic carbocycles. The zero-order chi connectivity index (χ0) is 10.7. The molecule has 0 spiro atoms. The van der Waals surface area contributed by atoms with Crippen LogP contribution in [0, 0.1) is 11.6 Å². The molecule has 1 rings (SSSR count). The predicted octanol–water partition coefficient (Wildman–Crippen LogP) is 2.36. The van der Waals surface area contributed by atoms with Crippen LogP contribution in [0.2, 0.25) is 0 Å². The summed E-state index contributed by atoms with van der Waals surface area (Å²) in [5.41, 5.74) is -0.106. The number of rotatable bonds is 3. The van der Waals surface area contributed by atoms with Gasteiger partial charge in [-0.3, -0.25) is 0 Å². The highest BCUT2D eigenvalue weighted by Gasteiger charge is 2.16. The first-order valence-electron chi connectivity index (χ1n) is 4.04. The summed E-state index contributed by atoms with van der Waals surface area (Å²) >= 11 is 2.83. The van der Waals surface area contributed by atoms with E-state index >= 15 is 0 Å². The summed E-state index contributed by atoms with van der Waals surface area (Å²) in [5, 5.41) is 17.8. The molecule has 78 valence electrons. The van der Waals surface area contributed by atoms with Crippen LogP contribution in [0.1, 0.15) is 12.0 Å². The van der Waals surface area contributed by atoms with Gasteiger partial charge in [0.15, 0.2) is 11.6 Å². The van der Waals surface area contributed by atoms with Gasteiger partial charge in [-0.25, -0.2) is 8.78 Å². The van der Waals surface area contributed by atoms with Crippen molar-refractivity contribution in [3.05, 3.63) is 27.7 Å². The van der Waals surface area contributed by atoms with Crippen LogP contribution in [0.25, 0.3) is 0 Å². The molecule has 0 unspecified atom stereocenters. The lowest BCUT2D eigenvalue weighted by Crippen LogP contribution is -1.97. The highest BCUT2D eigenvalue weighted by Crippen LogP contribution is 2.30. The average Bonchev–Trinajstić information content (AvgIpc) is 2.15. The molecule has 0 atom stereocenters. The number of halogens is 3. The van der Waals surface area contributed by atoms with E-state index in [4.69, 9.17) is 5.11 Å². The van der Waals surface area contributed by atoms with Crippen molar-refractivity contribution in [1.82, 2.24) is 0 Å². The molecule has 5 heteroatoms. The maximum atomic E-state index is 13.3. The van der Waals surface area contributed by atoms with Crippen LogP contribution in [0.3, 0.4) is 0 Å². The number of aromatic hydroxyl groups is 1. The minimum absolute atomic E-state index is 0.0271. The topological polar surface area (TPSA) is 40.5 Å². The summed E-state index contributed by atoms with van der Waals surface area (Å²) in [7, 11) is 0. The predicted molar refractivity (Wildman–Crippen MR) is 51.1 cm³/mol. The van der Waals surface area contributed by atoms with Gasteiger partial charge in [0.1, 0.15) is 5.82 Å². The zero-order valence-corrected chi connectivity index (χ0v) is 8.81. The van der Waals surface area contributed by atoms with Crippen LogP contribution in [-0.4, -0.2) is 16.8 Å². The number of benzene rings is 1. The Kier molecular flexibility index (Phi) is 3.83. The molecule has 2 nitrogen and oxygen atoms in total. The molecular weight excluding hydrogens is 258 g/mol. The molecule has 0 bridgehead atoms. The lowest BCUT2D eigenvalue weighted by atomic mass is 10.1. The lowest BCUT2D eigenvalue weighted by molar-refractivity contribution is 0.287. The van der Waals surface area contributed by atoms with Gasteiger partial charge in [-0.15, -0.1) is 0 Å². The Morgan fingerprint density at radius 2 is 2.00 bits per heavy atom. The molecule has 0 heterocycles. The zero-order valence-electron chi connectivity index (χ0n) is 7.23. The van der Waals surface area contributed by atoms with Crippen LogP contribution in [0.15, 0.2) is 10.5 Å². The smallest absolute Gasteiger partial charge is 0.166 e. The Hall–Kier alpha value is -0.680. The number of phenolic OH excluding ortho intramolecular Hbond substituents is 1. The average molecular weight is 267 g/mol. The minimum atomic E-state index is -0.869. The summed E-state index contributed by atoms with van der Waals surface area (Å²) < 4.78 is 26.2. The third-order valence-electron chi connectivity index (χ3n) is 1.83. The highest BCUT2D eigenvalue weighted by molar-refractivity contribution is 9.10. The first-order chi connectivity index (χ1) is 6.57. The van der Waals surface area contributed by atoms with Gasteiger partial charge in [-0.05, 0) is 34.8 Å². The van der Waals surface area contributed by atoms with Gasteiger partial charge in [-0.2, -0.15) is 0 Å². The van der Waals surface area contributed by atoms with Gasteiger partial charge in [0.25, 0.3) is 0 Å². The largest absolute Gasteiger partial charge is 0.505 e. The molecule has 0 aromatic heterocycles. The van der Waals surface area contributed by atoms with Crippen LogP contribution in [0.5, 0.6) is 5.75 Å². The van der Waals surface area contributed by atoms with Crippen molar-refractivity contribution in [3.63, 3.8) is 0 Å². The van der Waals surface area contributed by atoms with Crippen molar-refractivity contribution in [1.29, 1.82) is 0 Å². The molecule has 0 aliphatic heterocycles. The van der Waals surface area contributed by atoms with Gasteiger partial charge in [0.05, 0.1) is 4.47 Å². The number of phenols is 1. The SMILES string of the molecule is OCCCc1c(O)c(F)cc(Br)c1F. The summed E-state index contributed by atoms with van der Waals surface area (Å²) in [6.45, 7) is -0.132. The molecule has 0 radical (unpaired) electrons. The first kappa shape index (κ1) is 11.4. The number of aliphatic hydroxyl groups is 1. The van der Waals surface area contributed by atoms with Crippen molar-refractivity contribution in [2.24, 2.45) is 0 Å². The van der Waals surface area contributed by atoms with E-state index in [0.29, 0.717) is 0 Å². The Balaban J connectivity index is 3.11. The summed E-state index contributed by atoms with van der Waals surface area (Å²) in [6, 6.07) is 0.868. The van der Waals surface area contributed by atoms with E-state index in [-0.39, 0.29) is 29.5 Å². The Morgan fingerprint density at radius 3 is 2.57 bits per heavy atom. The Morgan fingerprint density at radius 1 is 1.36 bits per heavy atom. The van der Waals surface area contributed by atoms with Crippen molar-refractivity contribution in [2.45, 2.75) is 12.8 Å². The van der Waals surface area contributed by atoms with Gasteiger partial charge in [-0.1, -0.05) is 0 Å². The molecule has 2 N–H and O–H groups in total. The minimum Gasteiger partial charge on any atom is -0.505 e. The summed E-state index contributed by atoms with van der Waals surface area (Å²) in [4.78, 5) is 0. The number of aliphatic hydroxyl groups excluding tert-OH is 1. The molecule has 0 saturated carbocycles. The second-order valence-corrected chi connectivity index (χ2v) is 3.66. The lowest BCUT2D eigenvalue weighted by Gasteiger charge is -2.07. The Bertz CT molecular complexity index is 316. The monoisotopic (exact) mass is 266 g/mol. The number of hydrogen-bond donors (Lipinski definition) is 2. The molecular formula is C9H9BrF2O2. The summed E-state index contributed by atoms with van der Waals surface area (Å²) in [6.07, 6.45) is 0.380. The van der Waals surface area contributed by atoms with Crippen molar-refractivity contribution in [3.8, 4) is 5.75 Å². The molecule has 0 amide bonds. The van der Waals surface area contributed by atoms with Crippen LogP contribution in [0.4, 0.5) is 8.78 Å². The maximum Gasteiger partial charge on any atom is 0.166 e. The number of hydrogen-bond acceptors (Lipinski definition) is 2. The third-order valence-corrected chi connectivity index (χ3v) is 2.40. The summed E-state index contributed by atoms with van der Waals surface area (Å²) in [5.74, 6) is -2.23. The fourth-order valence-electron chi connectivity index (χ4n) is 1.12. The van der Waals surface area contributed by atoms with Gasteiger partial charge >= 0.3 is 0 Å². The van der Waals surface area contributed by atoms with Crippen molar-refractivity contribution >= 4 is 15.9 Å². The third kappa shape index (κ3) is 2.22. The Labute approximate surface area is 88.3 Å². The van der Waals surface area contributed by atoms with E-state index in [1.54, 1.807) is 0 Å². The fourth-order valence-corrected chi connectivity index (χ4v) is 1.56. The van der Waals surface area contributed by atoms with Crippen molar-refractivity contribution < 1.29 is 19.0 Å². The maximum absolute atomic E-state index is 13.3. The molecule has 14 heavy (non-hydrogen) atoms. The molecule has 0 fully saturated rings. The van der Waals surface area contributed by atoms with E-state index in [2.05, 4.69) is 15.9 Å². The van der Waals surface area contributed by atoms with E-state index in [1.807, 2.05) is 0 Å². The van der Waals surface area contributed by atoms with Crippen molar-refractivity contribution in [2.75, 3.05) is 6.61 Å². The van der Waals surface area contributed by atoms with Gasteiger partial charge in [0, 0.05) is 12.2 Å². The second kappa shape index (κ2) is 4.70. The van der Waals surface area contributed by atoms with Gasteiger partial charge in [0.2, 0.25) is 0 Å². The molecule has 1 aromatic rings. The standard InChI is InChI=1S/C9H9BrF2O2/c10-6-4-7(11)9(14)5(8(6)12)2-1-3-13/h4,13-14H,1-3H2. The molecule has 0 saturated heterocycles. The van der Waals surface area contributed by atoms with E-state index in [0.717, 1.165) is 6.07 Å². The first-order valence-corrected chi connectivity index (χ1v) is 4.83. The van der Waals surface area contributed by atoms with Gasteiger partial charge < -0.3 is 10.2 Å². The molecule has 0 aliphatic rings. The van der Waals surface area contributed by atoms with E-state index < -0.39 is 17.4 Å².